The Balaban J connectivity index is 1.05. The molecule has 0 radical (unpaired) electrons. The summed E-state index contributed by atoms with van der Waals surface area (Å²) in [7, 11) is 0. The van der Waals surface area contributed by atoms with Crippen molar-refractivity contribution in [2.24, 2.45) is 0 Å². The lowest BCUT2D eigenvalue weighted by Crippen LogP contribution is -2.30. The maximum Gasteiger partial charge on any atom is 0.136 e. The van der Waals surface area contributed by atoms with Crippen LogP contribution in [0.2, 0.25) is 0 Å². The zero-order valence-electron chi connectivity index (χ0n) is 30.3. The van der Waals surface area contributed by atoms with Gasteiger partial charge in [-0.3, -0.25) is 0 Å². The first-order valence-corrected chi connectivity index (χ1v) is 19.3. The third kappa shape index (κ3) is 5.26. The van der Waals surface area contributed by atoms with Crippen molar-refractivity contribution in [3.8, 4) is 11.1 Å². The number of benzene rings is 7. The highest BCUT2D eigenvalue weighted by Gasteiger charge is 2.26. The largest absolute Gasteiger partial charge is 0.456 e. The molecular formula is C52H38N2O. The standard InChI is InChI=1S/C52H38N2O/c1-3-12-35(13-4-1)36-24-29-41(30-25-36)53(47-19-11-20-48-52(47)43-16-7-9-18-46(43)54(48)40-14-5-2-6-15-40)42-31-26-37(27-32-42)39-23-22-38-28-33-50-51(45(38)34-39)44-17-8-10-21-49(44)55-50/h1-14,16-29,31-34,40-41H,15,30H2. The maximum absolute atomic E-state index is 6.25. The number of anilines is 2. The highest BCUT2D eigenvalue weighted by atomic mass is 16.3. The zero-order valence-corrected chi connectivity index (χ0v) is 30.3. The molecule has 3 nitrogen and oxygen atoms in total. The van der Waals surface area contributed by atoms with Gasteiger partial charge in [0, 0.05) is 32.7 Å². The van der Waals surface area contributed by atoms with Crippen molar-refractivity contribution in [2.45, 2.75) is 24.9 Å². The lowest BCUT2D eigenvalue weighted by Gasteiger charge is -2.34. The summed E-state index contributed by atoms with van der Waals surface area (Å²) in [6.07, 6.45) is 17.9. The van der Waals surface area contributed by atoms with Gasteiger partial charge in [0.15, 0.2) is 0 Å². The number of para-hydroxylation sites is 2. The van der Waals surface area contributed by atoms with Crippen LogP contribution in [0.25, 0.3) is 71.2 Å². The van der Waals surface area contributed by atoms with Crippen LogP contribution >= 0.6 is 0 Å². The summed E-state index contributed by atoms with van der Waals surface area (Å²) in [5, 5.41) is 7.34. The van der Waals surface area contributed by atoms with E-state index in [4.69, 9.17) is 4.42 Å². The van der Waals surface area contributed by atoms with Crippen LogP contribution in [-0.2, 0) is 0 Å². The summed E-state index contributed by atoms with van der Waals surface area (Å²) in [5.41, 5.74) is 11.7. The Morgan fingerprint density at radius 2 is 1.33 bits per heavy atom. The van der Waals surface area contributed by atoms with Crippen LogP contribution in [0.3, 0.4) is 0 Å². The average Bonchev–Trinajstić information content (AvgIpc) is 3.81. The molecule has 0 N–H and O–H groups in total. The number of fused-ring (bicyclic) bond motifs is 8. The van der Waals surface area contributed by atoms with E-state index in [9.17, 15) is 0 Å². The summed E-state index contributed by atoms with van der Waals surface area (Å²) < 4.78 is 8.79. The van der Waals surface area contributed by atoms with Gasteiger partial charge in [-0.1, -0.05) is 146 Å². The molecular weight excluding hydrogens is 669 g/mol. The summed E-state index contributed by atoms with van der Waals surface area (Å²) in [4.78, 5) is 2.57. The Bertz CT molecular complexity index is 3050. The van der Waals surface area contributed by atoms with Gasteiger partial charge in [-0.15, -0.1) is 0 Å². The van der Waals surface area contributed by atoms with Crippen molar-refractivity contribution in [3.63, 3.8) is 0 Å². The molecule has 0 saturated heterocycles. The molecule has 0 fully saturated rings. The van der Waals surface area contributed by atoms with Crippen LogP contribution in [0.1, 0.15) is 24.4 Å². The molecule has 0 bridgehead atoms. The highest BCUT2D eigenvalue weighted by molar-refractivity contribution is 6.19. The molecule has 2 atom stereocenters. The molecule has 9 aromatic rings. The molecule has 0 spiro atoms. The van der Waals surface area contributed by atoms with Gasteiger partial charge in [0.2, 0.25) is 0 Å². The van der Waals surface area contributed by atoms with Gasteiger partial charge in [0.1, 0.15) is 11.2 Å². The smallest absolute Gasteiger partial charge is 0.136 e. The average molecular weight is 707 g/mol. The van der Waals surface area contributed by atoms with Gasteiger partial charge >= 0.3 is 0 Å². The first kappa shape index (κ1) is 31.7. The zero-order chi connectivity index (χ0) is 36.3. The minimum Gasteiger partial charge on any atom is -0.456 e. The SMILES string of the molecule is C1=CCC(n2c3ccccc3c3c(N(c4ccc(-c5ccc6ccc7oc8ccccc8c7c6c5)cc4)C4C=CC(c5ccccc5)=CC4)cccc32)C=C1. The fourth-order valence-electron chi connectivity index (χ4n) is 9.04. The van der Waals surface area contributed by atoms with E-state index >= 15 is 0 Å². The number of aromatic nitrogens is 1. The van der Waals surface area contributed by atoms with Crippen LogP contribution in [0.15, 0.2) is 199 Å². The van der Waals surface area contributed by atoms with Gasteiger partial charge in [-0.25, -0.2) is 0 Å². The summed E-state index contributed by atoms with van der Waals surface area (Å²) >= 11 is 0. The molecule has 2 unspecified atom stereocenters. The monoisotopic (exact) mass is 706 g/mol. The molecule has 3 heteroatoms. The first-order chi connectivity index (χ1) is 27.3. The quantitative estimate of drug-likeness (QED) is 0.172. The van der Waals surface area contributed by atoms with Crippen molar-refractivity contribution >= 4 is 71.5 Å². The molecule has 2 aromatic heterocycles. The molecule has 262 valence electrons. The van der Waals surface area contributed by atoms with Gasteiger partial charge in [0.25, 0.3) is 0 Å². The van der Waals surface area contributed by atoms with E-state index in [0.717, 1.165) is 29.4 Å². The third-order valence-corrected chi connectivity index (χ3v) is 11.6. The van der Waals surface area contributed by atoms with Gasteiger partial charge in [0.05, 0.1) is 23.3 Å². The second-order valence-corrected chi connectivity index (χ2v) is 14.8. The van der Waals surface area contributed by atoms with Crippen LogP contribution in [0, 0.1) is 0 Å². The Labute approximate surface area is 320 Å². The molecule has 0 saturated carbocycles. The minimum absolute atomic E-state index is 0.131. The topological polar surface area (TPSA) is 21.3 Å². The van der Waals surface area contributed by atoms with Crippen molar-refractivity contribution in [1.29, 1.82) is 0 Å². The fourth-order valence-corrected chi connectivity index (χ4v) is 9.04. The fraction of sp³-hybridized carbons (Fsp3) is 0.0769. The number of nitrogens with zero attached hydrogens (tertiary/aromatic N) is 2. The van der Waals surface area contributed by atoms with Crippen molar-refractivity contribution in [2.75, 3.05) is 4.90 Å². The van der Waals surface area contributed by atoms with E-state index in [1.807, 2.05) is 6.07 Å². The molecule has 55 heavy (non-hydrogen) atoms. The first-order valence-electron chi connectivity index (χ1n) is 19.3. The number of hydrogen-bond acceptors (Lipinski definition) is 2. The second-order valence-electron chi connectivity index (χ2n) is 14.8. The number of furan rings is 1. The second kappa shape index (κ2) is 12.9. The lowest BCUT2D eigenvalue weighted by molar-refractivity contribution is 0.648. The number of rotatable bonds is 6. The van der Waals surface area contributed by atoms with Crippen molar-refractivity contribution in [3.05, 3.63) is 200 Å². The molecule has 2 heterocycles. The summed E-state index contributed by atoms with van der Waals surface area (Å²) in [5.74, 6) is 0. The normalized spacial score (nSPS) is 16.8. The van der Waals surface area contributed by atoms with E-state index < -0.39 is 0 Å². The minimum atomic E-state index is 0.131. The third-order valence-electron chi connectivity index (χ3n) is 11.6. The summed E-state index contributed by atoms with van der Waals surface area (Å²) in [6.45, 7) is 0. The van der Waals surface area contributed by atoms with E-state index in [0.29, 0.717) is 0 Å². The van der Waals surface area contributed by atoms with E-state index in [1.165, 1.54) is 71.6 Å². The van der Waals surface area contributed by atoms with Crippen LogP contribution < -0.4 is 4.90 Å². The Kier molecular flexibility index (Phi) is 7.44. The lowest BCUT2D eigenvalue weighted by atomic mass is 9.94. The Hall–Kier alpha value is -6.84. The van der Waals surface area contributed by atoms with Crippen molar-refractivity contribution in [1.82, 2.24) is 4.57 Å². The van der Waals surface area contributed by atoms with E-state index in [-0.39, 0.29) is 12.1 Å². The van der Waals surface area contributed by atoms with Crippen LogP contribution in [0.4, 0.5) is 11.4 Å². The van der Waals surface area contributed by atoms with Gasteiger partial charge in [-0.05, 0) is 94.4 Å². The Morgan fingerprint density at radius 3 is 2.16 bits per heavy atom. The van der Waals surface area contributed by atoms with E-state index in [2.05, 4.69) is 198 Å². The van der Waals surface area contributed by atoms with Crippen LogP contribution in [0.5, 0.6) is 0 Å². The predicted molar refractivity (Wildman–Crippen MR) is 232 cm³/mol. The molecule has 7 aromatic carbocycles. The van der Waals surface area contributed by atoms with Gasteiger partial charge < -0.3 is 13.9 Å². The predicted octanol–water partition coefficient (Wildman–Crippen LogP) is 14.1. The van der Waals surface area contributed by atoms with Crippen LogP contribution in [-0.4, -0.2) is 10.6 Å². The highest BCUT2D eigenvalue weighted by Crippen LogP contribution is 2.44. The van der Waals surface area contributed by atoms with Gasteiger partial charge in [-0.2, -0.15) is 0 Å². The molecule has 2 aliphatic rings. The van der Waals surface area contributed by atoms with E-state index in [1.54, 1.807) is 0 Å². The molecule has 2 aliphatic carbocycles. The molecule has 0 aliphatic heterocycles. The number of hydrogen-bond donors (Lipinski definition) is 0. The maximum atomic E-state index is 6.25. The van der Waals surface area contributed by atoms with Crippen molar-refractivity contribution < 1.29 is 4.42 Å². The molecule has 11 rings (SSSR count). The molecule has 0 amide bonds. The number of allylic oxidation sites excluding steroid dienone is 6. The summed E-state index contributed by atoms with van der Waals surface area (Å²) in [6, 6.07) is 55.5. The Morgan fingerprint density at radius 1 is 0.545 bits per heavy atom.